The van der Waals surface area contributed by atoms with Gasteiger partial charge in [-0.05, 0) is 29.4 Å². The number of hydrogen-bond donors (Lipinski definition) is 3. The fraction of sp³-hybridized carbons (Fsp3) is 0.143. The standard InChI is InChI=1S/C21H16F3N5O3S/c1-12(13-5-3-2-4-6-13)26-20(31)27-14-7-8-15-17(9-14)29(32-19(30)21(22,23)24)18(28-15)16-10-33-11-25-16/h2-12H,1H3,(H2,26,27,31)/p+1/t12-/m1/s1. The number of carbonyl (C=O) groups excluding carboxylic acids is 2. The zero-order valence-corrected chi connectivity index (χ0v) is 17.8. The van der Waals surface area contributed by atoms with E-state index < -0.39 is 18.2 Å². The van der Waals surface area contributed by atoms with Gasteiger partial charge in [0.25, 0.3) is 0 Å². The minimum atomic E-state index is -5.20. The highest BCUT2D eigenvalue weighted by molar-refractivity contribution is 7.07. The molecule has 2 heterocycles. The van der Waals surface area contributed by atoms with Gasteiger partial charge in [0.15, 0.2) is 11.2 Å². The molecule has 0 saturated carbocycles. The van der Waals surface area contributed by atoms with Gasteiger partial charge in [-0.2, -0.15) is 13.2 Å². The van der Waals surface area contributed by atoms with Crippen molar-refractivity contribution in [3.63, 3.8) is 0 Å². The van der Waals surface area contributed by atoms with Crippen molar-refractivity contribution >= 4 is 40.1 Å². The number of alkyl halides is 3. The maximum atomic E-state index is 12.9. The predicted octanol–water partition coefficient (Wildman–Crippen LogP) is 3.98. The molecule has 0 aliphatic heterocycles. The van der Waals surface area contributed by atoms with Gasteiger partial charge in [-0.25, -0.2) is 24.4 Å². The summed E-state index contributed by atoms with van der Waals surface area (Å²) < 4.78 is 39.3. The number of rotatable bonds is 5. The first kappa shape index (κ1) is 22.3. The molecule has 12 heteroatoms. The molecule has 0 radical (unpaired) electrons. The van der Waals surface area contributed by atoms with E-state index in [0.29, 0.717) is 5.52 Å². The van der Waals surface area contributed by atoms with Crippen LogP contribution < -0.4 is 20.2 Å². The average molecular weight is 476 g/mol. The number of aromatic nitrogens is 3. The molecular weight excluding hydrogens is 459 g/mol. The van der Waals surface area contributed by atoms with Crippen LogP contribution in [0.2, 0.25) is 0 Å². The maximum Gasteiger partial charge on any atom is 0.495 e. The van der Waals surface area contributed by atoms with Crippen LogP contribution in [0.5, 0.6) is 0 Å². The first-order chi connectivity index (χ1) is 15.7. The number of imidazole rings is 1. The molecule has 8 nitrogen and oxygen atoms in total. The molecule has 3 N–H and O–H groups in total. The zero-order valence-electron chi connectivity index (χ0n) is 17.0. The minimum absolute atomic E-state index is 0.0446. The van der Waals surface area contributed by atoms with E-state index in [1.165, 1.54) is 22.9 Å². The molecule has 33 heavy (non-hydrogen) atoms. The predicted molar refractivity (Wildman–Crippen MR) is 114 cm³/mol. The number of fused-ring (bicyclic) bond motifs is 1. The Bertz CT molecular complexity index is 1290. The summed E-state index contributed by atoms with van der Waals surface area (Å²) in [7, 11) is 0. The van der Waals surface area contributed by atoms with Crippen LogP contribution in [0.4, 0.5) is 23.7 Å². The van der Waals surface area contributed by atoms with Gasteiger partial charge in [-0.15, -0.1) is 11.3 Å². The van der Waals surface area contributed by atoms with E-state index >= 15 is 0 Å². The average Bonchev–Trinajstić information content (AvgIpc) is 3.42. The molecular formula is C21H17F3N5O3S+. The molecule has 2 aromatic heterocycles. The number of nitrogens with one attached hydrogen (secondary N) is 3. The molecule has 4 rings (SSSR count). The van der Waals surface area contributed by atoms with Gasteiger partial charge in [0.1, 0.15) is 0 Å². The molecule has 2 aromatic carbocycles. The molecule has 0 spiro atoms. The van der Waals surface area contributed by atoms with Crippen molar-refractivity contribution in [2.24, 2.45) is 0 Å². The molecule has 2 amide bonds. The Balaban J connectivity index is 1.62. The Morgan fingerprint density at radius 2 is 1.94 bits per heavy atom. The van der Waals surface area contributed by atoms with Crippen LogP contribution in [0.3, 0.4) is 0 Å². The van der Waals surface area contributed by atoms with Crippen LogP contribution in [0.25, 0.3) is 22.6 Å². The van der Waals surface area contributed by atoms with E-state index in [4.69, 9.17) is 0 Å². The van der Waals surface area contributed by atoms with Gasteiger partial charge in [0, 0.05) is 17.1 Å². The largest absolute Gasteiger partial charge is 0.495 e. The topological polar surface area (TPSA) is 100.0 Å². The minimum Gasteiger partial charge on any atom is -0.331 e. The van der Waals surface area contributed by atoms with Gasteiger partial charge >= 0.3 is 24.0 Å². The monoisotopic (exact) mass is 476 g/mol. The smallest absolute Gasteiger partial charge is 0.331 e. The Morgan fingerprint density at radius 1 is 1.18 bits per heavy atom. The van der Waals surface area contributed by atoms with Crippen molar-refractivity contribution in [1.82, 2.24) is 15.3 Å². The van der Waals surface area contributed by atoms with Crippen LogP contribution in [-0.4, -0.2) is 28.1 Å². The Labute approximate surface area is 189 Å². The normalized spacial score (nSPS) is 12.4. The van der Waals surface area contributed by atoms with Gasteiger partial charge in [-0.3, -0.25) is 0 Å². The van der Waals surface area contributed by atoms with Crippen LogP contribution in [0.15, 0.2) is 59.4 Å². The third-order valence-electron chi connectivity index (χ3n) is 4.66. The van der Waals surface area contributed by atoms with Crippen LogP contribution in [0.1, 0.15) is 18.5 Å². The Morgan fingerprint density at radius 3 is 2.61 bits per heavy atom. The number of H-pyrrole nitrogens is 1. The lowest BCUT2D eigenvalue weighted by Crippen LogP contribution is -2.51. The second-order valence-electron chi connectivity index (χ2n) is 6.98. The SMILES string of the molecule is C[C@@H](NC(=O)Nc1ccc2[nH]c(-c3cscn3)[n+](OC(=O)C(F)(F)F)c2c1)c1ccccc1. The lowest BCUT2D eigenvalue weighted by atomic mass is 10.1. The summed E-state index contributed by atoms with van der Waals surface area (Å²) >= 11 is 1.22. The number of urea groups is 1. The second-order valence-corrected chi connectivity index (χ2v) is 7.70. The third kappa shape index (κ3) is 4.95. The molecule has 1 atom stereocenters. The number of aromatic amines is 1. The van der Waals surface area contributed by atoms with Crippen molar-refractivity contribution in [3.05, 3.63) is 65.0 Å². The second kappa shape index (κ2) is 8.90. The van der Waals surface area contributed by atoms with Crippen molar-refractivity contribution in [1.29, 1.82) is 0 Å². The van der Waals surface area contributed by atoms with E-state index in [-0.39, 0.29) is 28.8 Å². The van der Waals surface area contributed by atoms with E-state index in [9.17, 15) is 22.8 Å². The Hall–Kier alpha value is -3.93. The molecule has 0 unspecified atom stereocenters. The maximum absolute atomic E-state index is 12.9. The molecule has 0 fully saturated rings. The lowest BCUT2D eigenvalue weighted by Gasteiger charge is -2.15. The quantitative estimate of drug-likeness (QED) is 0.380. The van der Waals surface area contributed by atoms with Crippen molar-refractivity contribution in [2.75, 3.05) is 5.32 Å². The van der Waals surface area contributed by atoms with Gasteiger partial charge < -0.3 is 10.6 Å². The highest BCUT2D eigenvalue weighted by Crippen LogP contribution is 2.22. The first-order valence-electron chi connectivity index (χ1n) is 9.60. The number of thiazole rings is 1. The first-order valence-corrected chi connectivity index (χ1v) is 10.5. The molecule has 4 aromatic rings. The van der Waals surface area contributed by atoms with Gasteiger partial charge in [0.2, 0.25) is 5.52 Å². The summed E-state index contributed by atoms with van der Waals surface area (Å²) in [5.41, 5.74) is 3.43. The van der Waals surface area contributed by atoms with Gasteiger partial charge in [0.05, 0.1) is 11.6 Å². The third-order valence-corrected chi connectivity index (χ3v) is 5.24. The summed E-state index contributed by atoms with van der Waals surface area (Å²) in [5.74, 6) is -2.35. The number of anilines is 1. The fourth-order valence-electron chi connectivity index (χ4n) is 3.10. The van der Waals surface area contributed by atoms with Crippen molar-refractivity contribution in [2.45, 2.75) is 19.1 Å². The van der Waals surface area contributed by atoms with E-state index in [2.05, 4.69) is 25.4 Å². The number of nitrogens with zero attached hydrogens (tertiary/aromatic N) is 2. The van der Waals surface area contributed by atoms with Crippen molar-refractivity contribution in [3.8, 4) is 11.5 Å². The zero-order chi connectivity index (χ0) is 23.6. The van der Waals surface area contributed by atoms with E-state index in [1.807, 2.05) is 37.3 Å². The summed E-state index contributed by atoms with van der Waals surface area (Å²) in [6.45, 7) is 1.81. The lowest BCUT2D eigenvalue weighted by molar-refractivity contribution is -0.841. The number of amides is 2. The van der Waals surface area contributed by atoms with Crippen LogP contribution in [0, 0.1) is 0 Å². The molecule has 170 valence electrons. The number of hydrogen-bond acceptors (Lipinski definition) is 5. The number of carbonyl (C=O) groups is 2. The molecule has 0 aliphatic rings. The molecule has 0 bridgehead atoms. The van der Waals surface area contributed by atoms with Crippen LogP contribution in [-0.2, 0) is 4.79 Å². The van der Waals surface area contributed by atoms with Crippen LogP contribution >= 0.6 is 11.3 Å². The Kier molecular flexibility index (Phi) is 6.01. The molecule has 0 saturated heterocycles. The number of halogens is 3. The number of benzene rings is 2. The fourth-order valence-corrected chi connectivity index (χ4v) is 3.63. The van der Waals surface area contributed by atoms with E-state index in [0.717, 1.165) is 10.3 Å². The summed E-state index contributed by atoms with van der Waals surface area (Å²) in [4.78, 5) is 35.6. The van der Waals surface area contributed by atoms with E-state index in [1.54, 1.807) is 17.5 Å². The summed E-state index contributed by atoms with van der Waals surface area (Å²) in [6.07, 6.45) is -5.20. The highest BCUT2D eigenvalue weighted by atomic mass is 32.1. The highest BCUT2D eigenvalue weighted by Gasteiger charge is 2.44. The summed E-state index contributed by atoms with van der Waals surface area (Å²) in [5, 5.41) is 7.00. The summed E-state index contributed by atoms with van der Waals surface area (Å²) in [6, 6.07) is 13.0. The van der Waals surface area contributed by atoms with Crippen molar-refractivity contribution < 1.29 is 32.3 Å². The van der Waals surface area contributed by atoms with Gasteiger partial charge in [-0.1, -0.05) is 30.3 Å². The molecule has 0 aliphatic carbocycles.